The number of unbranched alkanes of at least 4 members (excludes halogenated alkanes) is 1. The van der Waals surface area contributed by atoms with E-state index in [1.807, 2.05) is 12.1 Å². The van der Waals surface area contributed by atoms with Gasteiger partial charge in [0.1, 0.15) is 0 Å². The summed E-state index contributed by atoms with van der Waals surface area (Å²) in [5.41, 5.74) is 1.71. The Morgan fingerprint density at radius 3 is 2.52 bits per heavy atom. The maximum absolute atomic E-state index is 12.2. The maximum atomic E-state index is 12.2. The molecule has 0 saturated carbocycles. The zero-order valence-electron chi connectivity index (χ0n) is 14.0. The number of esters is 1. The molecule has 6 heteroatoms. The lowest BCUT2D eigenvalue weighted by atomic mass is 10.1. The second kappa shape index (κ2) is 9.69. The van der Waals surface area contributed by atoms with Crippen molar-refractivity contribution in [2.24, 2.45) is 0 Å². The van der Waals surface area contributed by atoms with Crippen molar-refractivity contribution in [3.8, 4) is 0 Å². The first-order valence-corrected chi connectivity index (χ1v) is 8.53. The number of anilines is 2. The molecule has 0 aliphatic heterocycles. The van der Waals surface area contributed by atoms with Crippen LogP contribution in [-0.4, -0.2) is 25.0 Å². The first-order chi connectivity index (χ1) is 12.1. The summed E-state index contributed by atoms with van der Waals surface area (Å²) in [5.74, 6) is -0.946. The number of hydrogen-bond donors (Lipinski definition) is 2. The molecule has 0 heterocycles. The van der Waals surface area contributed by atoms with Gasteiger partial charge in [0.05, 0.1) is 5.56 Å². The number of hydrogen-bond acceptors (Lipinski definition) is 4. The molecule has 25 heavy (non-hydrogen) atoms. The first-order valence-electron chi connectivity index (χ1n) is 8.15. The Bertz CT molecular complexity index is 717. The summed E-state index contributed by atoms with van der Waals surface area (Å²) >= 11 is 5.79. The van der Waals surface area contributed by atoms with Crippen LogP contribution in [0.25, 0.3) is 0 Å². The van der Waals surface area contributed by atoms with E-state index in [0.29, 0.717) is 22.0 Å². The number of carbonyl (C=O) groups excluding carboxylic acids is 2. The van der Waals surface area contributed by atoms with Crippen LogP contribution in [-0.2, 0) is 9.53 Å². The lowest BCUT2D eigenvalue weighted by Gasteiger charge is -2.11. The molecule has 0 atom stereocenters. The van der Waals surface area contributed by atoms with Gasteiger partial charge in [-0.15, -0.1) is 0 Å². The normalized spacial score (nSPS) is 10.2. The summed E-state index contributed by atoms with van der Waals surface area (Å²) in [7, 11) is 0. The van der Waals surface area contributed by atoms with Crippen LogP contribution < -0.4 is 10.6 Å². The molecule has 0 spiro atoms. The molecule has 2 N–H and O–H groups in total. The number of rotatable bonds is 8. The summed E-state index contributed by atoms with van der Waals surface area (Å²) in [6.07, 6.45) is 2.07. The highest BCUT2D eigenvalue weighted by atomic mass is 35.5. The van der Waals surface area contributed by atoms with Gasteiger partial charge in [-0.3, -0.25) is 4.79 Å². The van der Waals surface area contributed by atoms with E-state index >= 15 is 0 Å². The second-order valence-electron chi connectivity index (χ2n) is 5.46. The van der Waals surface area contributed by atoms with Crippen LogP contribution >= 0.6 is 11.6 Å². The van der Waals surface area contributed by atoms with E-state index in [9.17, 15) is 9.59 Å². The van der Waals surface area contributed by atoms with Crippen LogP contribution in [0.5, 0.6) is 0 Å². The lowest BCUT2D eigenvalue weighted by Crippen LogP contribution is -2.21. The van der Waals surface area contributed by atoms with Gasteiger partial charge in [0, 0.05) is 22.9 Å². The number of benzene rings is 2. The minimum absolute atomic E-state index is 0.356. The molecule has 5 nitrogen and oxygen atoms in total. The van der Waals surface area contributed by atoms with Crippen LogP contribution in [0.4, 0.5) is 11.4 Å². The monoisotopic (exact) mass is 360 g/mol. The predicted molar refractivity (Wildman–Crippen MR) is 100 cm³/mol. The molecule has 1 amide bonds. The fraction of sp³-hybridized carbons (Fsp3) is 0.263. The van der Waals surface area contributed by atoms with Crippen molar-refractivity contribution in [1.29, 1.82) is 0 Å². The van der Waals surface area contributed by atoms with E-state index < -0.39 is 11.9 Å². The van der Waals surface area contributed by atoms with Gasteiger partial charge in [0.2, 0.25) is 0 Å². The topological polar surface area (TPSA) is 67.4 Å². The van der Waals surface area contributed by atoms with Crippen molar-refractivity contribution >= 4 is 34.9 Å². The average Bonchev–Trinajstić information content (AvgIpc) is 2.62. The minimum atomic E-state index is -0.536. The summed E-state index contributed by atoms with van der Waals surface area (Å²) < 4.78 is 5.12. The smallest absolute Gasteiger partial charge is 0.340 e. The molecule has 2 rings (SSSR count). The number of amides is 1. The molecule has 2 aromatic carbocycles. The zero-order chi connectivity index (χ0) is 18.1. The van der Waals surface area contributed by atoms with E-state index in [0.717, 1.165) is 19.4 Å². The van der Waals surface area contributed by atoms with Crippen molar-refractivity contribution in [3.05, 3.63) is 59.1 Å². The Kier molecular flexibility index (Phi) is 7.29. The largest absolute Gasteiger partial charge is 0.452 e. The third-order valence-electron chi connectivity index (χ3n) is 3.46. The number of halogens is 1. The first kappa shape index (κ1) is 18.8. The molecular weight excluding hydrogens is 340 g/mol. The molecule has 0 aromatic heterocycles. The van der Waals surface area contributed by atoms with Gasteiger partial charge in [0.15, 0.2) is 6.61 Å². The molecule has 0 saturated heterocycles. The SMILES string of the molecule is CCCCNc1ccccc1C(=O)OCC(=O)Nc1ccc(Cl)cc1. The van der Waals surface area contributed by atoms with Gasteiger partial charge in [-0.2, -0.15) is 0 Å². The highest BCUT2D eigenvalue weighted by molar-refractivity contribution is 6.30. The van der Waals surface area contributed by atoms with Gasteiger partial charge >= 0.3 is 5.97 Å². The zero-order valence-corrected chi connectivity index (χ0v) is 14.8. The molecular formula is C19H21ClN2O3. The van der Waals surface area contributed by atoms with Crippen molar-refractivity contribution < 1.29 is 14.3 Å². The molecule has 0 bridgehead atoms. The van der Waals surface area contributed by atoms with Gasteiger partial charge in [0.25, 0.3) is 5.91 Å². The number of para-hydroxylation sites is 1. The van der Waals surface area contributed by atoms with Gasteiger partial charge in [-0.05, 0) is 42.8 Å². The number of carbonyl (C=O) groups is 2. The Morgan fingerprint density at radius 2 is 1.80 bits per heavy atom. The third kappa shape index (κ3) is 6.12. The van der Waals surface area contributed by atoms with Gasteiger partial charge in [-0.25, -0.2) is 4.79 Å². The van der Waals surface area contributed by atoms with E-state index in [1.165, 1.54) is 0 Å². The average molecular weight is 361 g/mol. The Balaban J connectivity index is 1.89. The molecule has 0 radical (unpaired) electrons. The van der Waals surface area contributed by atoms with E-state index in [4.69, 9.17) is 16.3 Å². The highest BCUT2D eigenvalue weighted by Gasteiger charge is 2.14. The molecule has 132 valence electrons. The Morgan fingerprint density at radius 1 is 1.08 bits per heavy atom. The van der Waals surface area contributed by atoms with E-state index in [-0.39, 0.29) is 6.61 Å². The highest BCUT2D eigenvalue weighted by Crippen LogP contribution is 2.17. The quantitative estimate of drug-likeness (QED) is 0.542. The summed E-state index contributed by atoms with van der Waals surface area (Å²) in [5, 5.41) is 6.44. The molecule has 0 aliphatic carbocycles. The van der Waals surface area contributed by atoms with Gasteiger partial charge < -0.3 is 15.4 Å². The van der Waals surface area contributed by atoms with Crippen LogP contribution in [0, 0.1) is 0 Å². The summed E-state index contributed by atoms with van der Waals surface area (Å²) in [6.45, 7) is 2.52. The Labute approximate surface area is 152 Å². The van der Waals surface area contributed by atoms with Crippen molar-refractivity contribution in [2.75, 3.05) is 23.8 Å². The molecule has 0 unspecified atom stereocenters. The second-order valence-corrected chi connectivity index (χ2v) is 5.89. The fourth-order valence-corrected chi connectivity index (χ4v) is 2.28. The molecule has 0 fully saturated rings. The molecule has 2 aromatic rings. The Hall–Kier alpha value is -2.53. The van der Waals surface area contributed by atoms with E-state index in [2.05, 4.69) is 17.6 Å². The number of ether oxygens (including phenoxy) is 1. The van der Waals surface area contributed by atoms with Crippen molar-refractivity contribution in [3.63, 3.8) is 0 Å². The van der Waals surface area contributed by atoms with Crippen molar-refractivity contribution in [2.45, 2.75) is 19.8 Å². The predicted octanol–water partition coefficient (Wildman–Crippen LogP) is 4.35. The molecule has 0 aliphatic rings. The minimum Gasteiger partial charge on any atom is -0.452 e. The van der Waals surface area contributed by atoms with E-state index in [1.54, 1.807) is 36.4 Å². The van der Waals surface area contributed by atoms with Crippen LogP contribution in [0.2, 0.25) is 5.02 Å². The number of nitrogens with one attached hydrogen (secondary N) is 2. The fourth-order valence-electron chi connectivity index (χ4n) is 2.15. The van der Waals surface area contributed by atoms with Crippen molar-refractivity contribution in [1.82, 2.24) is 0 Å². The van der Waals surface area contributed by atoms with Crippen LogP contribution in [0.15, 0.2) is 48.5 Å². The van der Waals surface area contributed by atoms with Gasteiger partial charge in [-0.1, -0.05) is 37.1 Å². The lowest BCUT2D eigenvalue weighted by molar-refractivity contribution is -0.119. The standard InChI is InChI=1S/C19H21ClN2O3/c1-2-3-12-21-17-7-5-4-6-16(17)19(24)25-13-18(23)22-15-10-8-14(20)9-11-15/h4-11,21H,2-3,12-13H2,1H3,(H,22,23). The van der Waals surface area contributed by atoms with Crippen LogP contribution in [0.1, 0.15) is 30.1 Å². The summed E-state index contributed by atoms with van der Waals surface area (Å²) in [6, 6.07) is 13.8. The summed E-state index contributed by atoms with van der Waals surface area (Å²) in [4.78, 5) is 24.1. The third-order valence-corrected chi connectivity index (χ3v) is 3.71. The van der Waals surface area contributed by atoms with Crippen LogP contribution in [0.3, 0.4) is 0 Å². The maximum Gasteiger partial charge on any atom is 0.340 e.